The molecule has 1 aromatic heterocycles. The van der Waals surface area contributed by atoms with Crippen LogP contribution in [0.5, 0.6) is 5.75 Å². The number of rotatable bonds is 5. The van der Waals surface area contributed by atoms with Crippen molar-refractivity contribution < 1.29 is 13.5 Å². The number of para-hydroxylation sites is 1. The van der Waals surface area contributed by atoms with E-state index < -0.39 is 0 Å². The number of hydrogen-bond acceptors (Lipinski definition) is 6. The molecule has 0 unspecified atom stereocenters. The molecule has 0 radical (unpaired) electrons. The fraction of sp³-hybridized carbons (Fsp3) is 0.300. The highest BCUT2D eigenvalue weighted by molar-refractivity contribution is 7.71. The summed E-state index contributed by atoms with van der Waals surface area (Å²) in [6, 6.07) is 14.2. The summed E-state index contributed by atoms with van der Waals surface area (Å²) in [7, 11) is 1.62. The van der Waals surface area contributed by atoms with Gasteiger partial charge in [0.25, 0.3) is 10.7 Å². The second-order valence-electron chi connectivity index (χ2n) is 6.60. The predicted molar refractivity (Wildman–Crippen MR) is 108 cm³/mol. The van der Waals surface area contributed by atoms with Crippen LogP contribution in [-0.2, 0) is 6.67 Å². The van der Waals surface area contributed by atoms with E-state index in [0.717, 1.165) is 37.4 Å². The quantitative estimate of drug-likeness (QED) is 0.607. The molecule has 0 atom stereocenters. The van der Waals surface area contributed by atoms with Crippen LogP contribution in [0, 0.1) is 10.7 Å². The van der Waals surface area contributed by atoms with Gasteiger partial charge in [-0.25, -0.2) is 9.07 Å². The minimum absolute atomic E-state index is 0.214. The monoisotopic (exact) mass is 400 g/mol. The summed E-state index contributed by atoms with van der Waals surface area (Å²) >= 11 is 5.35. The molecule has 8 heteroatoms. The van der Waals surface area contributed by atoms with Gasteiger partial charge in [0.15, 0.2) is 0 Å². The van der Waals surface area contributed by atoms with Crippen molar-refractivity contribution in [2.75, 3.05) is 38.2 Å². The van der Waals surface area contributed by atoms with E-state index in [1.54, 1.807) is 11.8 Å². The maximum absolute atomic E-state index is 13.1. The van der Waals surface area contributed by atoms with Crippen molar-refractivity contribution in [1.29, 1.82) is 0 Å². The predicted octanol–water partition coefficient (Wildman–Crippen LogP) is 3.80. The highest BCUT2D eigenvalue weighted by Crippen LogP contribution is 2.28. The number of benzene rings is 2. The van der Waals surface area contributed by atoms with E-state index >= 15 is 0 Å². The molecule has 6 nitrogen and oxygen atoms in total. The Bertz CT molecular complexity index is 994. The van der Waals surface area contributed by atoms with Crippen molar-refractivity contribution in [2.24, 2.45) is 0 Å². The van der Waals surface area contributed by atoms with E-state index in [9.17, 15) is 4.39 Å². The van der Waals surface area contributed by atoms with Gasteiger partial charge in [-0.3, -0.25) is 4.90 Å². The van der Waals surface area contributed by atoms with Crippen LogP contribution in [-0.4, -0.2) is 48.0 Å². The van der Waals surface area contributed by atoms with Crippen molar-refractivity contribution in [3.8, 4) is 17.2 Å². The van der Waals surface area contributed by atoms with E-state index in [2.05, 4.69) is 14.9 Å². The zero-order chi connectivity index (χ0) is 19.5. The Hall–Kier alpha value is -2.71. The minimum atomic E-state index is -0.214. The van der Waals surface area contributed by atoms with Gasteiger partial charge in [0, 0.05) is 31.9 Å². The Labute approximate surface area is 167 Å². The first kappa shape index (κ1) is 18.6. The van der Waals surface area contributed by atoms with Gasteiger partial charge in [-0.15, -0.1) is 5.10 Å². The molecule has 1 aliphatic heterocycles. The minimum Gasteiger partial charge on any atom is -0.496 e. The van der Waals surface area contributed by atoms with Crippen molar-refractivity contribution >= 4 is 17.9 Å². The van der Waals surface area contributed by atoms with E-state index in [1.165, 1.54) is 12.1 Å². The van der Waals surface area contributed by atoms with Crippen molar-refractivity contribution in [3.63, 3.8) is 0 Å². The van der Waals surface area contributed by atoms with Crippen molar-refractivity contribution in [1.82, 2.24) is 14.7 Å². The standard InChI is InChI=1S/C20H21FN4O2S/c1-26-18-5-3-2-4-17(18)19-22-25(20(28)27-19)14-23-10-12-24(13-11-23)16-8-6-15(21)7-9-16/h2-9H,10-14H2,1H3. The molecule has 0 saturated carbocycles. The van der Waals surface area contributed by atoms with Gasteiger partial charge in [0.2, 0.25) is 0 Å². The SMILES string of the molecule is COc1ccccc1-c1nn(CN2CCN(c3ccc(F)cc3)CC2)c(=S)o1. The largest absolute Gasteiger partial charge is 0.496 e. The zero-order valence-electron chi connectivity index (χ0n) is 15.5. The summed E-state index contributed by atoms with van der Waals surface area (Å²) in [6.07, 6.45) is 0. The van der Waals surface area contributed by atoms with E-state index in [4.69, 9.17) is 21.4 Å². The normalized spacial score (nSPS) is 15.0. The van der Waals surface area contributed by atoms with Gasteiger partial charge in [0.05, 0.1) is 19.3 Å². The highest BCUT2D eigenvalue weighted by atomic mass is 32.1. The lowest BCUT2D eigenvalue weighted by molar-refractivity contribution is 0.192. The first-order valence-electron chi connectivity index (χ1n) is 9.08. The molecule has 1 aliphatic rings. The Morgan fingerprint density at radius 2 is 1.79 bits per heavy atom. The number of halogens is 1. The van der Waals surface area contributed by atoms with Crippen LogP contribution in [0.25, 0.3) is 11.5 Å². The van der Waals surface area contributed by atoms with Gasteiger partial charge in [-0.1, -0.05) is 12.1 Å². The van der Waals surface area contributed by atoms with Crippen LogP contribution < -0.4 is 9.64 Å². The molecule has 0 N–H and O–H groups in total. The fourth-order valence-corrected chi connectivity index (χ4v) is 3.49. The molecule has 4 rings (SSSR count). The molecule has 0 amide bonds. The Kier molecular flexibility index (Phi) is 5.40. The molecule has 2 heterocycles. The molecule has 28 heavy (non-hydrogen) atoms. The third-order valence-corrected chi connectivity index (χ3v) is 5.14. The summed E-state index contributed by atoms with van der Waals surface area (Å²) in [5.74, 6) is 0.930. The lowest BCUT2D eigenvalue weighted by Gasteiger charge is -2.35. The number of methoxy groups -OCH3 is 1. The third kappa shape index (κ3) is 3.93. The number of ether oxygens (including phenoxy) is 1. The van der Waals surface area contributed by atoms with Crippen LogP contribution >= 0.6 is 12.2 Å². The number of anilines is 1. The van der Waals surface area contributed by atoms with Crippen LogP contribution in [0.2, 0.25) is 0 Å². The van der Waals surface area contributed by atoms with Gasteiger partial charge in [-0.2, -0.15) is 0 Å². The molecule has 0 aliphatic carbocycles. The maximum atomic E-state index is 13.1. The molecule has 146 valence electrons. The van der Waals surface area contributed by atoms with Gasteiger partial charge >= 0.3 is 0 Å². The second kappa shape index (κ2) is 8.12. The summed E-state index contributed by atoms with van der Waals surface area (Å²) in [5, 5.41) is 4.54. The average Bonchev–Trinajstić information content (AvgIpc) is 3.09. The van der Waals surface area contributed by atoms with Gasteiger partial charge < -0.3 is 14.1 Å². The van der Waals surface area contributed by atoms with Gasteiger partial charge in [0.1, 0.15) is 11.6 Å². The summed E-state index contributed by atoms with van der Waals surface area (Å²) in [5.41, 5.74) is 1.81. The van der Waals surface area contributed by atoms with Crippen LogP contribution in [0.4, 0.5) is 10.1 Å². The highest BCUT2D eigenvalue weighted by Gasteiger charge is 2.19. The molecule has 0 spiro atoms. The van der Waals surface area contributed by atoms with E-state index in [0.29, 0.717) is 23.1 Å². The Morgan fingerprint density at radius 1 is 1.07 bits per heavy atom. The molecular weight excluding hydrogens is 379 g/mol. The number of aromatic nitrogens is 2. The van der Waals surface area contributed by atoms with Crippen LogP contribution in [0.15, 0.2) is 52.9 Å². The van der Waals surface area contributed by atoms with Crippen molar-refractivity contribution in [3.05, 3.63) is 59.2 Å². The first-order valence-corrected chi connectivity index (χ1v) is 9.49. The smallest absolute Gasteiger partial charge is 0.288 e. The molecular formula is C20H21FN4O2S. The van der Waals surface area contributed by atoms with E-state index in [1.807, 2.05) is 36.4 Å². The lowest BCUT2D eigenvalue weighted by atomic mass is 10.2. The fourth-order valence-electron chi connectivity index (χ4n) is 3.31. The molecule has 1 fully saturated rings. The van der Waals surface area contributed by atoms with Crippen LogP contribution in [0.1, 0.15) is 0 Å². The summed E-state index contributed by atoms with van der Waals surface area (Å²) < 4.78 is 25.9. The zero-order valence-corrected chi connectivity index (χ0v) is 16.4. The summed E-state index contributed by atoms with van der Waals surface area (Å²) in [6.45, 7) is 3.99. The lowest BCUT2D eigenvalue weighted by Crippen LogP contribution is -2.46. The van der Waals surface area contributed by atoms with E-state index in [-0.39, 0.29) is 5.82 Å². The molecule has 0 bridgehead atoms. The number of piperazine rings is 1. The average molecular weight is 400 g/mol. The maximum Gasteiger partial charge on any atom is 0.288 e. The topological polar surface area (TPSA) is 46.7 Å². The number of hydrogen-bond donors (Lipinski definition) is 0. The first-order chi connectivity index (χ1) is 13.6. The molecule has 3 aromatic rings. The summed E-state index contributed by atoms with van der Waals surface area (Å²) in [4.78, 5) is 4.85. The number of nitrogens with zero attached hydrogens (tertiary/aromatic N) is 4. The molecule has 1 saturated heterocycles. The molecule has 2 aromatic carbocycles. The Balaban J connectivity index is 1.42. The van der Waals surface area contributed by atoms with Crippen molar-refractivity contribution in [2.45, 2.75) is 6.67 Å². The Morgan fingerprint density at radius 3 is 2.50 bits per heavy atom. The van der Waals surface area contributed by atoms with Crippen LogP contribution in [0.3, 0.4) is 0 Å². The second-order valence-corrected chi connectivity index (χ2v) is 6.95. The third-order valence-electron chi connectivity index (χ3n) is 4.84. The van der Waals surface area contributed by atoms with Gasteiger partial charge in [-0.05, 0) is 48.6 Å².